The summed E-state index contributed by atoms with van der Waals surface area (Å²) in [5.41, 5.74) is -3.57. The molecule has 0 saturated heterocycles. The largest absolute Gasteiger partial charge is 0.494 e. The summed E-state index contributed by atoms with van der Waals surface area (Å²) in [7, 11) is 0. The Morgan fingerprint density at radius 3 is 2.49 bits per heavy atom. The number of amides is 1. The molecule has 1 amide bonds. The molecule has 41 heavy (non-hydrogen) atoms. The number of carbonyl (C=O) groups excluding carboxylic acids is 2. The van der Waals surface area contributed by atoms with Gasteiger partial charge < -0.3 is 20.5 Å². The normalized spacial score (nSPS) is 20.6. The molecule has 2 aromatic carbocycles. The van der Waals surface area contributed by atoms with E-state index in [0.29, 0.717) is 29.8 Å². The molecule has 3 aromatic rings. The molecule has 1 aliphatic rings. The Labute approximate surface area is 247 Å². The maximum absolute atomic E-state index is 14.6. The van der Waals surface area contributed by atoms with Gasteiger partial charge in [0.15, 0.2) is 5.78 Å². The van der Waals surface area contributed by atoms with Gasteiger partial charge in [0.25, 0.3) is 0 Å². The van der Waals surface area contributed by atoms with E-state index in [0.717, 1.165) is 11.3 Å². The second-order valence-electron chi connectivity index (χ2n) is 8.86. The maximum atomic E-state index is 14.6. The Morgan fingerprint density at radius 1 is 1.20 bits per heavy atom. The molecule has 214 valence electrons. The van der Waals surface area contributed by atoms with E-state index in [1.54, 1.807) is 30.3 Å². The number of alkyl halides is 3. The van der Waals surface area contributed by atoms with Crippen molar-refractivity contribution in [1.29, 1.82) is 5.26 Å². The van der Waals surface area contributed by atoms with Crippen LogP contribution in [0, 0.1) is 17.2 Å². The van der Waals surface area contributed by atoms with Gasteiger partial charge in [0.2, 0.25) is 11.6 Å². The number of nitrogens with zero attached hydrogens (tertiary/aromatic N) is 1. The molecule has 0 saturated carbocycles. The number of hydrogen-bond acceptors (Lipinski definition) is 8. The first-order valence-corrected chi connectivity index (χ1v) is 14.4. The first-order valence-electron chi connectivity index (χ1n) is 12.2. The lowest BCUT2D eigenvalue weighted by Gasteiger charge is -2.45. The van der Waals surface area contributed by atoms with Crippen LogP contribution in [0.4, 0.5) is 18.9 Å². The molecule has 0 radical (unpaired) electrons. The van der Waals surface area contributed by atoms with Gasteiger partial charge in [0.05, 0.1) is 39.8 Å². The molecule has 3 atom stereocenters. The van der Waals surface area contributed by atoms with Crippen molar-refractivity contribution >= 4 is 52.1 Å². The van der Waals surface area contributed by atoms with E-state index < -0.39 is 46.2 Å². The average molecular weight is 622 g/mol. The maximum Gasteiger partial charge on any atom is 0.437 e. The highest BCUT2D eigenvalue weighted by atomic mass is 35.5. The van der Waals surface area contributed by atoms with E-state index in [1.165, 1.54) is 35.7 Å². The Morgan fingerprint density at radius 2 is 1.90 bits per heavy atom. The SMILES string of the molecule is CCOc1ccc(NC(=O)CSC2=C(C#N)[C@H](c3ccccc3Cl)[C@H](C(=O)c3cccs3)[C@@](O)(C(F)(F)F)N2)cc1. The van der Waals surface area contributed by atoms with Crippen molar-refractivity contribution in [1.82, 2.24) is 5.32 Å². The van der Waals surface area contributed by atoms with E-state index in [9.17, 15) is 33.1 Å². The van der Waals surface area contributed by atoms with Gasteiger partial charge in [0, 0.05) is 16.6 Å². The van der Waals surface area contributed by atoms with Crippen LogP contribution in [-0.2, 0) is 4.79 Å². The Bertz CT molecular complexity index is 1490. The summed E-state index contributed by atoms with van der Waals surface area (Å²) in [5.74, 6) is -5.17. The summed E-state index contributed by atoms with van der Waals surface area (Å²) in [6, 6.07) is 17.1. The minimum absolute atomic E-state index is 0.0123. The number of halogens is 4. The molecule has 0 bridgehead atoms. The predicted molar refractivity (Wildman–Crippen MR) is 152 cm³/mol. The van der Waals surface area contributed by atoms with Crippen molar-refractivity contribution in [2.24, 2.45) is 5.92 Å². The summed E-state index contributed by atoms with van der Waals surface area (Å²) in [6.45, 7) is 2.29. The number of anilines is 1. The quantitative estimate of drug-likeness (QED) is 0.239. The Balaban J connectivity index is 1.73. The van der Waals surface area contributed by atoms with E-state index in [2.05, 4.69) is 5.32 Å². The van der Waals surface area contributed by atoms with E-state index in [1.807, 2.05) is 18.3 Å². The molecule has 1 aliphatic heterocycles. The van der Waals surface area contributed by atoms with Gasteiger partial charge >= 0.3 is 6.18 Å². The molecule has 4 rings (SSSR count). The van der Waals surface area contributed by atoms with Crippen LogP contribution in [0.3, 0.4) is 0 Å². The zero-order chi connectivity index (χ0) is 29.8. The monoisotopic (exact) mass is 621 g/mol. The van der Waals surface area contributed by atoms with Crippen LogP contribution in [0.15, 0.2) is 76.6 Å². The van der Waals surface area contributed by atoms with Crippen LogP contribution in [0.5, 0.6) is 5.75 Å². The van der Waals surface area contributed by atoms with E-state index in [-0.39, 0.29) is 21.0 Å². The minimum Gasteiger partial charge on any atom is -0.494 e. The fourth-order valence-corrected chi connectivity index (χ4v) is 6.32. The minimum atomic E-state index is -5.36. The first kappa shape index (κ1) is 30.5. The fraction of sp³-hybridized carbons (Fsp3) is 0.250. The summed E-state index contributed by atoms with van der Waals surface area (Å²) >= 11 is 7.89. The number of allylic oxidation sites excluding steroid dienone is 1. The van der Waals surface area contributed by atoms with Crippen molar-refractivity contribution in [3.05, 3.63) is 92.1 Å². The molecule has 0 aliphatic carbocycles. The molecule has 0 spiro atoms. The number of nitriles is 1. The summed E-state index contributed by atoms with van der Waals surface area (Å²) in [6.07, 6.45) is -5.36. The lowest BCUT2D eigenvalue weighted by Crippen LogP contribution is -2.66. The number of thiophene rings is 1. The molecule has 0 unspecified atom stereocenters. The third-order valence-electron chi connectivity index (χ3n) is 6.28. The lowest BCUT2D eigenvalue weighted by molar-refractivity contribution is -0.285. The summed E-state index contributed by atoms with van der Waals surface area (Å²) in [5, 5.41) is 27.2. The van der Waals surface area contributed by atoms with Crippen molar-refractivity contribution < 1.29 is 32.6 Å². The average Bonchev–Trinajstić information content (AvgIpc) is 3.47. The van der Waals surface area contributed by atoms with Crippen LogP contribution in [0.1, 0.15) is 28.1 Å². The van der Waals surface area contributed by atoms with Crippen LogP contribution < -0.4 is 15.4 Å². The second-order valence-corrected chi connectivity index (χ2v) is 11.2. The van der Waals surface area contributed by atoms with Crippen LogP contribution in [0.2, 0.25) is 5.02 Å². The number of nitrogens with one attached hydrogen (secondary N) is 2. The zero-order valence-corrected chi connectivity index (χ0v) is 23.8. The molecule has 7 nitrogen and oxygen atoms in total. The third-order valence-corrected chi connectivity index (χ3v) is 8.53. The number of Topliss-reactive ketones (excluding diaryl/α,β-unsaturated/α-hetero) is 1. The molecule has 1 aromatic heterocycles. The van der Waals surface area contributed by atoms with Crippen LogP contribution in [-0.4, -0.2) is 41.1 Å². The van der Waals surface area contributed by atoms with Gasteiger partial charge in [-0.15, -0.1) is 11.3 Å². The van der Waals surface area contributed by atoms with Crippen molar-refractivity contribution in [3.63, 3.8) is 0 Å². The van der Waals surface area contributed by atoms with Crippen LogP contribution in [0.25, 0.3) is 0 Å². The van der Waals surface area contributed by atoms with Crippen molar-refractivity contribution in [2.45, 2.75) is 24.7 Å². The summed E-state index contributed by atoms with van der Waals surface area (Å²) in [4.78, 5) is 26.2. The lowest BCUT2D eigenvalue weighted by atomic mass is 9.70. The number of hydrogen-bond donors (Lipinski definition) is 3. The number of thioether (sulfide) groups is 1. The molecule has 2 heterocycles. The molecule has 3 N–H and O–H groups in total. The standard InChI is InChI=1S/C28H23ClF3N3O4S2/c1-2-39-17-11-9-16(10-12-17)34-22(36)15-41-26-19(14-33)23(18-6-3-4-7-20(18)29)24(25(37)21-8-5-13-40-21)27(38,35-26)28(30,31)32/h3-13,23-24,35,38H,2,15H2,1H3,(H,34,36)/t23-,24+,27+/m0/s1. The highest BCUT2D eigenvalue weighted by molar-refractivity contribution is 8.03. The van der Waals surface area contributed by atoms with Crippen molar-refractivity contribution in [3.8, 4) is 11.8 Å². The fourth-order valence-electron chi connectivity index (χ4n) is 4.46. The van der Waals surface area contributed by atoms with Gasteiger partial charge in [-0.3, -0.25) is 9.59 Å². The number of ether oxygens (including phenoxy) is 1. The van der Waals surface area contributed by atoms with E-state index >= 15 is 0 Å². The van der Waals surface area contributed by atoms with Crippen LogP contribution >= 0.6 is 34.7 Å². The highest BCUT2D eigenvalue weighted by Crippen LogP contribution is 2.52. The highest BCUT2D eigenvalue weighted by Gasteiger charge is 2.66. The molecule has 0 fully saturated rings. The topological polar surface area (TPSA) is 111 Å². The Kier molecular flexibility index (Phi) is 9.34. The van der Waals surface area contributed by atoms with Gasteiger partial charge in [-0.05, 0) is 54.3 Å². The molecular weight excluding hydrogens is 599 g/mol. The number of carbonyl (C=O) groups is 2. The third kappa shape index (κ3) is 6.38. The van der Waals surface area contributed by atoms with Gasteiger partial charge in [-0.1, -0.05) is 47.6 Å². The van der Waals surface area contributed by atoms with Crippen molar-refractivity contribution in [2.75, 3.05) is 17.7 Å². The predicted octanol–water partition coefficient (Wildman–Crippen LogP) is 6.34. The molecule has 13 heteroatoms. The number of aliphatic hydroxyl groups is 1. The zero-order valence-electron chi connectivity index (χ0n) is 21.4. The first-order chi connectivity index (χ1) is 19.5. The Hall–Kier alpha value is -3.50. The summed E-state index contributed by atoms with van der Waals surface area (Å²) < 4.78 is 49.3. The van der Waals surface area contributed by atoms with E-state index in [4.69, 9.17) is 16.3 Å². The number of benzene rings is 2. The molecular formula is C28H23ClF3N3O4S2. The van der Waals surface area contributed by atoms with Gasteiger partial charge in [0.1, 0.15) is 5.75 Å². The smallest absolute Gasteiger partial charge is 0.437 e. The number of rotatable bonds is 9. The number of ketones is 1. The second kappa shape index (κ2) is 12.6. The van der Waals surface area contributed by atoms with Gasteiger partial charge in [-0.25, -0.2) is 0 Å². The van der Waals surface area contributed by atoms with Gasteiger partial charge in [-0.2, -0.15) is 18.4 Å².